The Kier molecular flexibility index (Phi) is 8.35. The monoisotopic (exact) mass is 472 g/mol. The van der Waals surface area contributed by atoms with Crippen molar-refractivity contribution in [3.63, 3.8) is 0 Å². The third kappa shape index (κ3) is 6.05. The first-order valence-corrected chi connectivity index (χ1v) is 11.2. The molecule has 1 unspecified atom stereocenters. The Morgan fingerprint density at radius 3 is 2.38 bits per heavy atom. The van der Waals surface area contributed by atoms with Crippen molar-refractivity contribution in [2.75, 3.05) is 52.6 Å². The van der Waals surface area contributed by atoms with Crippen LogP contribution in [0, 0.1) is 5.82 Å². The molecule has 1 aliphatic rings. The van der Waals surface area contributed by atoms with Crippen LogP contribution in [0.25, 0.3) is 10.9 Å². The van der Waals surface area contributed by atoms with Crippen LogP contribution in [0.15, 0.2) is 42.6 Å². The van der Waals surface area contributed by atoms with Crippen LogP contribution in [0.4, 0.5) is 10.1 Å². The number of rotatable bonds is 12. The van der Waals surface area contributed by atoms with E-state index in [1.54, 1.807) is 50.7 Å². The second-order valence-electron chi connectivity index (χ2n) is 7.70. The van der Waals surface area contributed by atoms with Gasteiger partial charge in [0.05, 0.1) is 18.7 Å². The molecule has 182 valence electrons. The van der Waals surface area contributed by atoms with Crippen LogP contribution in [0.2, 0.25) is 0 Å². The lowest BCUT2D eigenvalue weighted by Crippen LogP contribution is -2.17. The van der Waals surface area contributed by atoms with E-state index < -0.39 is 5.82 Å². The Bertz CT molecular complexity index is 1090. The van der Waals surface area contributed by atoms with Crippen LogP contribution < -0.4 is 19.5 Å². The van der Waals surface area contributed by atoms with E-state index in [0.717, 1.165) is 12.8 Å². The highest BCUT2D eigenvalue weighted by molar-refractivity contribution is 5.88. The van der Waals surface area contributed by atoms with E-state index in [1.807, 2.05) is 0 Å². The largest absolute Gasteiger partial charge is 0.487 e. The number of pyridine rings is 1. The zero-order valence-corrected chi connectivity index (χ0v) is 19.3. The second-order valence-corrected chi connectivity index (χ2v) is 7.70. The predicted molar refractivity (Wildman–Crippen MR) is 126 cm³/mol. The molecule has 34 heavy (non-hydrogen) atoms. The number of anilines is 1. The highest BCUT2D eigenvalue weighted by Gasteiger charge is 2.17. The van der Waals surface area contributed by atoms with Crippen molar-refractivity contribution >= 4 is 16.6 Å². The summed E-state index contributed by atoms with van der Waals surface area (Å²) in [6.45, 7) is 2.27. The van der Waals surface area contributed by atoms with E-state index in [1.165, 1.54) is 6.07 Å². The molecule has 0 aliphatic carbocycles. The molecule has 4 rings (SSSR count). The molecule has 1 N–H and O–H groups in total. The van der Waals surface area contributed by atoms with Gasteiger partial charge in [0.1, 0.15) is 25.2 Å². The van der Waals surface area contributed by atoms with Gasteiger partial charge in [0.2, 0.25) is 0 Å². The molecular formula is C25H29FN2O6. The molecule has 9 heteroatoms. The van der Waals surface area contributed by atoms with Gasteiger partial charge in [-0.1, -0.05) is 0 Å². The van der Waals surface area contributed by atoms with Crippen molar-refractivity contribution in [2.45, 2.75) is 19.1 Å². The molecule has 0 amide bonds. The molecule has 0 saturated carbocycles. The molecule has 8 nitrogen and oxygen atoms in total. The van der Waals surface area contributed by atoms with Crippen LogP contribution >= 0.6 is 0 Å². The number of halogens is 1. The van der Waals surface area contributed by atoms with Gasteiger partial charge < -0.3 is 33.7 Å². The maximum absolute atomic E-state index is 14.8. The van der Waals surface area contributed by atoms with Crippen molar-refractivity contribution in [3.8, 4) is 23.0 Å². The molecule has 1 aliphatic heterocycles. The number of fused-ring (bicyclic) bond motifs is 1. The van der Waals surface area contributed by atoms with Gasteiger partial charge in [-0.3, -0.25) is 4.98 Å². The zero-order valence-electron chi connectivity index (χ0n) is 19.3. The quantitative estimate of drug-likeness (QED) is 0.378. The van der Waals surface area contributed by atoms with E-state index in [4.69, 9.17) is 28.4 Å². The number of aromatic nitrogens is 1. The summed E-state index contributed by atoms with van der Waals surface area (Å²) in [5, 5.41) is 3.85. The van der Waals surface area contributed by atoms with Crippen molar-refractivity contribution in [1.29, 1.82) is 0 Å². The van der Waals surface area contributed by atoms with Crippen molar-refractivity contribution < 1.29 is 32.8 Å². The first-order valence-electron chi connectivity index (χ1n) is 11.2. The average molecular weight is 473 g/mol. The second kappa shape index (κ2) is 11.8. The number of hydrogen-bond acceptors (Lipinski definition) is 8. The molecule has 3 aromatic rings. The molecule has 1 atom stereocenters. The van der Waals surface area contributed by atoms with E-state index in [9.17, 15) is 4.39 Å². The smallest absolute Gasteiger partial charge is 0.167 e. The molecule has 2 aromatic carbocycles. The third-order valence-corrected chi connectivity index (χ3v) is 5.27. The zero-order chi connectivity index (χ0) is 23.8. The Hall–Kier alpha value is -3.14. The van der Waals surface area contributed by atoms with Crippen molar-refractivity contribution in [3.05, 3.63) is 48.4 Å². The lowest BCUT2D eigenvalue weighted by molar-refractivity contribution is 0.132. The number of methoxy groups -OCH3 is 2. The van der Waals surface area contributed by atoms with Gasteiger partial charge in [-0.15, -0.1) is 0 Å². The molecule has 0 bridgehead atoms. The normalized spacial score (nSPS) is 15.4. The fraction of sp³-hybridized carbons (Fsp3) is 0.400. The summed E-state index contributed by atoms with van der Waals surface area (Å²) >= 11 is 0. The average Bonchev–Trinajstić information content (AvgIpc) is 3.34. The standard InChI is InChI=1S/C25H29FN2O6/c1-29-10-12-31-23-15-18-20(16-24(23)32-13-11-30-2)27-8-7-21(18)34-22-6-5-17(14-19(22)26)28-25-4-3-9-33-25/h5-8,14-16,25,28H,3-4,9-13H2,1-2H3. The van der Waals surface area contributed by atoms with Crippen LogP contribution in [0.5, 0.6) is 23.0 Å². The molecular weight excluding hydrogens is 443 g/mol. The molecule has 2 heterocycles. The van der Waals surface area contributed by atoms with E-state index in [0.29, 0.717) is 66.9 Å². The third-order valence-electron chi connectivity index (χ3n) is 5.27. The summed E-state index contributed by atoms with van der Waals surface area (Å²) < 4.78 is 48.2. The minimum atomic E-state index is -0.482. The number of nitrogens with zero attached hydrogens (tertiary/aromatic N) is 1. The van der Waals surface area contributed by atoms with Gasteiger partial charge in [-0.05, 0) is 37.1 Å². The summed E-state index contributed by atoms with van der Waals surface area (Å²) in [6.07, 6.45) is 3.40. The molecule has 1 fully saturated rings. The maximum Gasteiger partial charge on any atom is 0.167 e. The fourth-order valence-electron chi connectivity index (χ4n) is 3.58. The van der Waals surface area contributed by atoms with E-state index in [2.05, 4.69) is 10.3 Å². The van der Waals surface area contributed by atoms with Gasteiger partial charge in [-0.25, -0.2) is 4.39 Å². The predicted octanol–water partition coefficient (Wildman–Crippen LogP) is 4.77. The van der Waals surface area contributed by atoms with Gasteiger partial charge in [0, 0.05) is 50.2 Å². The highest BCUT2D eigenvalue weighted by Crippen LogP contribution is 2.38. The van der Waals surface area contributed by atoms with Crippen LogP contribution in [0.1, 0.15) is 12.8 Å². The maximum atomic E-state index is 14.8. The van der Waals surface area contributed by atoms with Gasteiger partial charge in [-0.2, -0.15) is 0 Å². The lowest BCUT2D eigenvalue weighted by Gasteiger charge is -2.16. The van der Waals surface area contributed by atoms with E-state index >= 15 is 0 Å². The van der Waals surface area contributed by atoms with Crippen LogP contribution in [0.3, 0.4) is 0 Å². The minimum Gasteiger partial charge on any atom is -0.487 e. The summed E-state index contributed by atoms with van der Waals surface area (Å²) in [5.74, 6) is 1.11. The van der Waals surface area contributed by atoms with Crippen molar-refractivity contribution in [2.24, 2.45) is 0 Å². The number of ether oxygens (including phenoxy) is 6. The van der Waals surface area contributed by atoms with Gasteiger partial charge >= 0.3 is 0 Å². The summed E-state index contributed by atoms with van der Waals surface area (Å²) in [6, 6.07) is 10.00. The Morgan fingerprint density at radius 2 is 1.71 bits per heavy atom. The van der Waals surface area contributed by atoms with Gasteiger partial charge in [0.25, 0.3) is 0 Å². The molecule has 1 saturated heterocycles. The number of nitrogens with one attached hydrogen (secondary N) is 1. The summed E-state index contributed by atoms with van der Waals surface area (Å²) in [5.41, 5.74) is 1.27. The van der Waals surface area contributed by atoms with E-state index in [-0.39, 0.29) is 12.0 Å². The highest BCUT2D eigenvalue weighted by atomic mass is 19.1. The Balaban J connectivity index is 1.58. The lowest BCUT2D eigenvalue weighted by atomic mass is 10.1. The fourth-order valence-corrected chi connectivity index (χ4v) is 3.58. The summed E-state index contributed by atoms with van der Waals surface area (Å²) in [4.78, 5) is 4.41. The van der Waals surface area contributed by atoms with Crippen LogP contribution in [-0.2, 0) is 14.2 Å². The number of hydrogen-bond donors (Lipinski definition) is 1. The Labute approximate surface area is 197 Å². The van der Waals surface area contributed by atoms with Gasteiger partial charge in [0.15, 0.2) is 23.1 Å². The minimum absolute atomic E-state index is 0.0906. The first kappa shape index (κ1) is 24.0. The SMILES string of the molecule is COCCOc1cc2nccc(Oc3ccc(NC4CCCO4)cc3F)c2cc1OCCOC. The topological polar surface area (TPSA) is 80.3 Å². The first-order chi connectivity index (χ1) is 16.7. The molecule has 0 radical (unpaired) electrons. The molecule has 0 spiro atoms. The van der Waals surface area contributed by atoms with Crippen molar-refractivity contribution in [1.82, 2.24) is 4.98 Å². The Morgan fingerprint density at radius 1 is 0.941 bits per heavy atom. The number of benzene rings is 2. The van der Waals surface area contributed by atoms with Crippen LogP contribution in [-0.4, -0.2) is 58.5 Å². The molecule has 1 aromatic heterocycles. The summed E-state index contributed by atoms with van der Waals surface area (Å²) in [7, 11) is 3.21.